The van der Waals surface area contributed by atoms with Crippen LogP contribution in [0.1, 0.15) is 28.3 Å². The van der Waals surface area contributed by atoms with Gasteiger partial charge in [-0.25, -0.2) is 4.39 Å². The van der Waals surface area contributed by atoms with Crippen LogP contribution in [0.4, 0.5) is 15.8 Å². The molecule has 0 bridgehead atoms. The summed E-state index contributed by atoms with van der Waals surface area (Å²) in [5.74, 6) is -3.59. The van der Waals surface area contributed by atoms with Gasteiger partial charge in [0.15, 0.2) is 6.61 Å². The number of carbonyl (C=O) groups is 4. The van der Waals surface area contributed by atoms with Crippen molar-refractivity contribution in [3.8, 4) is 0 Å². The Morgan fingerprint density at radius 3 is 2.76 bits per heavy atom. The minimum atomic E-state index is -0.927. The molecule has 0 aromatic heterocycles. The van der Waals surface area contributed by atoms with Crippen molar-refractivity contribution in [3.63, 3.8) is 0 Å². The first-order valence-electron chi connectivity index (χ1n) is 8.75. The van der Waals surface area contributed by atoms with Gasteiger partial charge in [-0.05, 0) is 35.9 Å². The maximum Gasteiger partial charge on any atom is 0.314 e. The van der Waals surface area contributed by atoms with Gasteiger partial charge in [0, 0.05) is 30.4 Å². The predicted molar refractivity (Wildman–Crippen MR) is 102 cm³/mol. The van der Waals surface area contributed by atoms with E-state index < -0.39 is 36.1 Å². The highest BCUT2D eigenvalue weighted by Gasteiger charge is 2.32. The fourth-order valence-corrected chi connectivity index (χ4v) is 2.96. The summed E-state index contributed by atoms with van der Waals surface area (Å²) >= 11 is 0. The van der Waals surface area contributed by atoms with E-state index in [4.69, 9.17) is 4.74 Å². The van der Waals surface area contributed by atoms with Crippen LogP contribution < -0.4 is 16.0 Å². The molecule has 2 aromatic carbocycles. The lowest BCUT2D eigenvalue weighted by molar-refractivity contribution is -0.149. The topological polar surface area (TPSA) is 114 Å². The van der Waals surface area contributed by atoms with Crippen molar-refractivity contribution < 1.29 is 28.3 Å². The van der Waals surface area contributed by atoms with Crippen LogP contribution in [-0.2, 0) is 19.1 Å². The third kappa shape index (κ3) is 4.75. The van der Waals surface area contributed by atoms with Crippen molar-refractivity contribution in [2.75, 3.05) is 24.3 Å². The summed E-state index contributed by atoms with van der Waals surface area (Å²) in [7, 11) is 1.49. The van der Waals surface area contributed by atoms with Gasteiger partial charge in [0.05, 0.1) is 5.92 Å². The van der Waals surface area contributed by atoms with Crippen molar-refractivity contribution in [1.29, 1.82) is 0 Å². The minimum Gasteiger partial charge on any atom is -0.455 e. The Hall–Kier alpha value is -3.75. The molecule has 1 aliphatic rings. The van der Waals surface area contributed by atoms with Crippen molar-refractivity contribution in [3.05, 3.63) is 59.4 Å². The predicted octanol–water partition coefficient (Wildman–Crippen LogP) is 1.79. The summed E-state index contributed by atoms with van der Waals surface area (Å²) in [6.45, 7) is -0.572. The summed E-state index contributed by atoms with van der Waals surface area (Å²) in [5.41, 5.74) is 1.36. The lowest BCUT2D eigenvalue weighted by Gasteiger charge is -2.24. The Morgan fingerprint density at radius 1 is 1.21 bits per heavy atom. The number of hydrogen-bond acceptors (Lipinski definition) is 5. The molecule has 0 spiro atoms. The fraction of sp³-hybridized carbons (Fsp3) is 0.200. The quantitative estimate of drug-likeness (QED) is 0.664. The van der Waals surface area contributed by atoms with Crippen molar-refractivity contribution >= 4 is 35.1 Å². The standard InChI is InChI=1S/C20H18FN3O5/c1-22-19(27)11-3-2-4-13(7-11)23-18(26)10-29-20(28)15-9-17(25)24-16-8-12(21)5-6-14(15)16/h2-8,15H,9-10H2,1H3,(H,22,27)(H,23,26)(H,24,25). The number of fused-ring (bicyclic) bond motifs is 1. The number of halogens is 1. The molecule has 3 amide bonds. The molecule has 0 radical (unpaired) electrons. The third-order valence-electron chi connectivity index (χ3n) is 4.32. The molecule has 3 rings (SSSR count). The summed E-state index contributed by atoms with van der Waals surface area (Å²) in [5, 5.41) is 7.51. The number of nitrogens with one attached hydrogen (secondary N) is 3. The number of amides is 3. The molecule has 1 aliphatic heterocycles. The molecule has 29 heavy (non-hydrogen) atoms. The lowest BCUT2D eigenvalue weighted by atomic mass is 9.90. The molecule has 1 heterocycles. The van der Waals surface area contributed by atoms with Gasteiger partial charge >= 0.3 is 5.97 Å². The van der Waals surface area contributed by atoms with Gasteiger partial charge in [0.1, 0.15) is 5.82 Å². The van der Waals surface area contributed by atoms with Crippen molar-refractivity contribution in [1.82, 2.24) is 5.32 Å². The molecular weight excluding hydrogens is 381 g/mol. The second kappa shape index (κ2) is 8.51. The average molecular weight is 399 g/mol. The first kappa shape index (κ1) is 20.0. The largest absolute Gasteiger partial charge is 0.455 e. The first-order chi connectivity index (χ1) is 13.9. The number of anilines is 2. The van der Waals surface area contributed by atoms with Gasteiger partial charge in [-0.3, -0.25) is 19.2 Å². The highest BCUT2D eigenvalue weighted by molar-refractivity contribution is 6.01. The van der Waals surface area contributed by atoms with Gasteiger partial charge in [0.2, 0.25) is 5.91 Å². The molecule has 8 nitrogen and oxygen atoms in total. The molecule has 1 atom stereocenters. The molecular formula is C20H18FN3O5. The monoisotopic (exact) mass is 399 g/mol. The average Bonchev–Trinajstić information content (AvgIpc) is 2.70. The zero-order valence-corrected chi connectivity index (χ0v) is 15.5. The Balaban J connectivity index is 1.62. The van der Waals surface area contributed by atoms with Gasteiger partial charge in [-0.2, -0.15) is 0 Å². The summed E-state index contributed by atoms with van der Waals surface area (Å²) in [4.78, 5) is 47.9. The van der Waals surface area contributed by atoms with E-state index in [9.17, 15) is 23.6 Å². The molecule has 0 aliphatic carbocycles. The van der Waals surface area contributed by atoms with E-state index in [1.54, 1.807) is 18.2 Å². The summed E-state index contributed by atoms with van der Waals surface area (Å²) in [6.07, 6.45) is -0.159. The Bertz CT molecular complexity index is 992. The summed E-state index contributed by atoms with van der Waals surface area (Å²) < 4.78 is 18.4. The normalized spacial score (nSPS) is 15.0. The van der Waals surface area contributed by atoms with Crippen LogP contribution in [0.2, 0.25) is 0 Å². The molecule has 3 N–H and O–H groups in total. The van der Waals surface area contributed by atoms with E-state index in [1.165, 1.54) is 25.2 Å². The van der Waals surface area contributed by atoms with Crippen LogP contribution in [0, 0.1) is 5.82 Å². The Morgan fingerprint density at radius 2 is 2.00 bits per heavy atom. The van der Waals surface area contributed by atoms with Gasteiger partial charge in [0.25, 0.3) is 11.8 Å². The molecule has 0 saturated heterocycles. The maximum absolute atomic E-state index is 13.4. The van der Waals surface area contributed by atoms with E-state index in [0.29, 0.717) is 16.8 Å². The first-order valence-corrected chi connectivity index (χ1v) is 8.75. The van der Waals surface area contributed by atoms with Gasteiger partial charge in [-0.15, -0.1) is 0 Å². The molecule has 0 saturated carbocycles. The Kier molecular flexibility index (Phi) is 5.87. The molecule has 2 aromatic rings. The zero-order chi connectivity index (χ0) is 21.0. The van der Waals surface area contributed by atoms with E-state index in [0.717, 1.165) is 6.07 Å². The van der Waals surface area contributed by atoms with Crippen molar-refractivity contribution in [2.45, 2.75) is 12.3 Å². The van der Waals surface area contributed by atoms with Crippen LogP contribution in [0.15, 0.2) is 42.5 Å². The second-order valence-electron chi connectivity index (χ2n) is 6.35. The maximum atomic E-state index is 13.4. The van der Waals surface area contributed by atoms with E-state index in [2.05, 4.69) is 16.0 Å². The Labute approximate surface area is 165 Å². The fourth-order valence-electron chi connectivity index (χ4n) is 2.96. The number of hydrogen-bond donors (Lipinski definition) is 3. The number of carbonyl (C=O) groups excluding carboxylic acids is 4. The number of benzene rings is 2. The molecule has 0 fully saturated rings. The number of esters is 1. The van der Waals surface area contributed by atoms with Crippen LogP contribution in [-0.4, -0.2) is 37.3 Å². The van der Waals surface area contributed by atoms with E-state index in [1.807, 2.05) is 0 Å². The van der Waals surface area contributed by atoms with Crippen LogP contribution in [0.3, 0.4) is 0 Å². The third-order valence-corrected chi connectivity index (χ3v) is 4.32. The van der Waals surface area contributed by atoms with E-state index >= 15 is 0 Å². The smallest absolute Gasteiger partial charge is 0.314 e. The van der Waals surface area contributed by atoms with Crippen LogP contribution in [0.5, 0.6) is 0 Å². The summed E-state index contributed by atoms with van der Waals surface area (Å²) in [6, 6.07) is 9.96. The second-order valence-corrected chi connectivity index (χ2v) is 6.35. The van der Waals surface area contributed by atoms with Crippen LogP contribution >= 0.6 is 0 Å². The van der Waals surface area contributed by atoms with Gasteiger partial charge in [-0.1, -0.05) is 12.1 Å². The number of ether oxygens (including phenoxy) is 1. The highest BCUT2D eigenvalue weighted by atomic mass is 19.1. The molecule has 1 unspecified atom stereocenters. The lowest BCUT2D eigenvalue weighted by Crippen LogP contribution is -2.30. The van der Waals surface area contributed by atoms with E-state index in [-0.39, 0.29) is 18.0 Å². The minimum absolute atomic E-state index is 0.159. The zero-order valence-electron chi connectivity index (χ0n) is 15.5. The molecule has 150 valence electrons. The SMILES string of the molecule is CNC(=O)c1cccc(NC(=O)COC(=O)C2CC(=O)Nc3cc(F)ccc32)c1. The van der Waals surface area contributed by atoms with Crippen molar-refractivity contribution in [2.24, 2.45) is 0 Å². The van der Waals surface area contributed by atoms with Crippen LogP contribution in [0.25, 0.3) is 0 Å². The van der Waals surface area contributed by atoms with Gasteiger partial charge < -0.3 is 20.7 Å². The highest BCUT2D eigenvalue weighted by Crippen LogP contribution is 2.33. The number of rotatable bonds is 5. The molecule has 9 heteroatoms.